The van der Waals surface area contributed by atoms with Crippen LogP contribution < -0.4 is 11.1 Å². The maximum Gasteiger partial charge on any atom is 0.150 e. The topological polar surface area (TPSA) is 81.2 Å². The minimum Gasteiger partial charge on any atom is -0.383 e. The summed E-state index contributed by atoms with van der Waals surface area (Å²) in [4.78, 5) is 8.53. The van der Waals surface area contributed by atoms with Crippen LogP contribution in [0.3, 0.4) is 0 Å². The Hall–Kier alpha value is -1.47. The Labute approximate surface area is 147 Å². The van der Waals surface area contributed by atoms with Crippen molar-refractivity contribution in [2.24, 2.45) is 15.7 Å². The zero-order valence-corrected chi connectivity index (χ0v) is 14.3. The van der Waals surface area contributed by atoms with Gasteiger partial charge in [0.25, 0.3) is 0 Å². The van der Waals surface area contributed by atoms with E-state index in [9.17, 15) is 0 Å². The summed E-state index contributed by atoms with van der Waals surface area (Å²) in [5.74, 6) is 0.384. The summed E-state index contributed by atoms with van der Waals surface area (Å²) in [5, 5.41) is 4.03. The standard InChI is InChI=1S/C17H23ClN4O2/c18-14-8-12(15-10-23-6-4-20-15)7-13(9-14)17(19)22-11-21-16-3-1-2-5-24-16/h7-9,11,15-16,20H,1-6,10H2,(H2,19,21,22). The molecule has 7 heteroatoms. The number of rotatable bonds is 4. The first-order valence-electron chi connectivity index (χ1n) is 8.31. The van der Waals surface area contributed by atoms with Crippen LogP contribution in [0, 0.1) is 0 Å². The summed E-state index contributed by atoms with van der Waals surface area (Å²) in [5.41, 5.74) is 7.91. The molecule has 0 radical (unpaired) electrons. The van der Waals surface area contributed by atoms with Crippen molar-refractivity contribution in [1.82, 2.24) is 5.32 Å². The third-order valence-corrected chi connectivity index (χ3v) is 4.34. The Morgan fingerprint density at radius 1 is 1.29 bits per heavy atom. The predicted octanol–water partition coefficient (Wildman–Crippen LogP) is 2.26. The number of hydrogen-bond donors (Lipinski definition) is 2. The Balaban J connectivity index is 1.71. The molecule has 0 saturated carbocycles. The molecule has 2 unspecified atom stereocenters. The predicted molar refractivity (Wildman–Crippen MR) is 95.8 cm³/mol. The lowest BCUT2D eigenvalue weighted by Crippen LogP contribution is -2.34. The number of amidine groups is 1. The van der Waals surface area contributed by atoms with E-state index < -0.39 is 0 Å². The first-order chi connectivity index (χ1) is 11.7. The molecule has 2 aliphatic rings. The first kappa shape index (κ1) is 17.4. The summed E-state index contributed by atoms with van der Waals surface area (Å²) in [6.45, 7) is 2.93. The highest BCUT2D eigenvalue weighted by atomic mass is 35.5. The number of nitrogens with zero attached hydrogens (tertiary/aromatic N) is 2. The lowest BCUT2D eigenvalue weighted by Gasteiger charge is -2.24. The van der Waals surface area contributed by atoms with Gasteiger partial charge in [-0.05, 0) is 43.0 Å². The quantitative estimate of drug-likeness (QED) is 0.644. The fourth-order valence-electron chi connectivity index (χ4n) is 2.83. The number of nitrogens with one attached hydrogen (secondary N) is 1. The van der Waals surface area contributed by atoms with Crippen LogP contribution >= 0.6 is 11.6 Å². The molecule has 1 aromatic carbocycles. The largest absolute Gasteiger partial charge is 0.383 e. The Kier molecular flexibility index (Phi) is 6.20. The normalized spacial score (nSPS) is 26.0. The number of morpholine rings is 1. The summed E-state index contributed by atoms with van der Waals surface area (Å²) in [6.07, 6.45) is 4.54. The molecule has 24 heavy (non-hydrogen) atoms. The monoisotopic (exact) mass is 350 g/mol. The van der Waals surface area contributed by atoms with Crippen LogP contribution in [0.5, 0.6) is 0 Å². The highest BCUT2D eigenvalue weighted by Gasteiger charge is 2.17. The lowest BCUT2D eigenvalue weighted by molar-refractivity contribution is 0.0226. The van der Waals surface area contributed by atoms with Crippen molar-refractivity contribution in [3.63, 3.8) is 0 Å². The second-order valence-electron chi connectivity index (χ2n) is 5.95. The Bertz CT molecular complexity index is 609. The molecule has 3 N–H and O–H groups in total. The molecule has 130 valence electrons. The SMILES string of the molecule is NC(=N/C=N/C1CCCCO1)c1cc(Cl)cc(C2COCCN2)c1. The minimum absolute atomic E-state index is 0.103. The highest BCUT2D eigenvalue weighted by Crippen LogP contribution is 2.22. The average molecular weight is 351 g/mol. The van der Waals surface area contributed by atoms with E-state index in [1.165, 1.54) is 6.34 Å². The van der Waals surface area contributed by atoms with Gasteiger partial charge in [0.2, 0.25) is 0 Å². The van der Waals surface area contributed by atoms with Crippen molar-refractivity contribution in [3.8, 4) is 0 Å². The number of benzene rings is 1. The van der Waals surface area contributed by atoms with Crippen molar-refractivity contribution in [3.05, 3.63) is 34.3 Å². The van der Waals surface area contributed by atoms with Crippen LogP contribution in [0.25, 0.3) is 0 Å². The van der Waals surface area contributed by atoms with Crippen molar-refractivity contribution < 1.29 is 9.47 Å². The van der Waals surface area contributed by atoms with E-state index in [1.54, 1.807) is 6.07 Å². The third-order valence-electron chi connectivity index (χ3n) is 4.13. The molecule has 6 nitrogen and oxygen atoms in total. The van der Waals surface area contributed by atoms with E-state index >= 15 is 0 Å². The second kappa shape index (κ2) is 8.58. The van der Waals surface area contributed by atoms with Gasteiger partial charge in [0, 0.05) is 23.7 Å². The molecule has 0 aliphatic carbocycles. The summed E-state index contributed by atoms with van der Waals surface area (Å²) in [6, 6.07) is 5.84. The van der Waals surface area contributed by atoms with Gasteiger partial charge in [-0.15, -0.1) is 0 Å². The van der Waals surface area contributed by atoms with Gasteiger partial charge in [-0.3, -0.25) is 0 Å². The molecule has 3 rings (SSSR count). The van der Waals surface area contributed by atoms with Crippen molar-refractivity contribution in [2.45, 2.75) is 31.5 Å². The summed E-state index contributed by atoms with van der Waals surface area (Å²) < 4.78 is 11.0. The van der Waals surface area contributed by atoms with Gasteiger partial charge in [-0.25, -0.2) is 9.98 Å². The molecule has 0 amide bonds. The average Bonchev–Trinajstić information content (AvgIpc) is 2.63. The van der Waals surface area contributed by atoms with E-state index in [0.29, 0.717) is 17.5 Å². The maximum absolute atomic E-state index is 6.24. The van der Waals surface area contributed by atoms with Gasteiger partial charge in [0.1, 0.15) is 18.4 Å². The van der Waals surface area contributed by atoms with Gasteiger partial charge in [-0.1, -0.05) is 11.6 Å². The number of halogens is 1. The Morgan fingerprint density at radius 2 is 2.21 bits per heavy atom. The van der Waals surface area contributed by atoms with E-state index in [0.717, 1.165) is 50.1 Å². The molecule has 2 saturated heterocycles. The van der Waals surface area contributed by atoms with Crippen molar-refractivity contribution >= 4 is 23.8 Å². The van der Waals surface area contributed by atoms with Gasteiger partial charge < -0.3 is 20.5 Å². The van der Waals surface area contributed by atoms with Gasteiger partial charge in [0.05, 0.1) is 19.3 Å². The highest BCUT2D eigenvalue weighted by molar-refractivity contribution is 6.31. The zero-order valence-electron chi connectivity index (χ0n) is 13.6. The molecule has 2 heterocycles. The molecule has 1 aromatic rings. The minimum atomic E-state index is -0.103. The molecular formula is C17H23ClN4O2. The first-order valence-corrected chi connectivity index (χ1v) is 8.69. The van der Waals surface area contributed by atoms with E-state index in [-0.39, 0.29) is 12.3 Å². The van der Waals surface area contributed by atoms with Crippen LogP contribution in [0.15, 0.2) is 28.2 Å². The number of aliphatic imine (C=N–C) groups is 2. The van der Waals surface area contributed by atoms with Crippen LogP contribution in [-0.2, 0) is 9.47 Å². The molecular weight excluding hydrogens is 328 g/mol. The number of ether oxygens (including phenoxy) is 2. The van der Waals surface area contributed by atoms with Gasteiger partial charge >= 0.3 is 0 Å². The number of hydrogen-bond acceptors (Lipinski definition) is 4. The lowest BCUT2D eigenvalue weighted by atomic mass is 10.0. The molecule has 0 spiro atoms. The van der Waals surface area contributed by atoms with Gasteiger partial charge in [-0.2, -0.15) is 0 Å². The molecule has 2 atom stereocenters. The van der Waals surface area contributed by atoms with E-state index in [2.05, 4.69) is 15.3 Å². The smallest absolute Gasteiger partial charge is 0.150 e. The third kappa shape index (κ3) is 4.77. The van der Waals surface area contributed by atoms with Crippen LogP contribution in [0.1, 0.15) is 36.4 Å². The zero-order chi connectivity index (χ0) is 16.8. The van der Waals surface area contributed by atoms with Crippen LogP contribution in [0.4, 0.5) is 0 Å². The van der Waals surface area contributed by atoms with Crippen LogP contribution in [-0.4, -0.2) is 44.8 Å². The second-order valence-corrected chi connectivity index (χ2v) is 6.39. The summed E-state index contributed by atoms with van der Waals surface area (Å²) in [7, 11) is 0. The van der Waals surface area contributed by atoms with Crippen LogP contribution in [0.2, 0.25) is 5.02 Å². The van der Waals surface area contributed by atoms with E-state index in [1.807, 2.05) is 12.1 Å². The molecule has 2 fully saturated rings. The molecule has 0 aromatic heterocycles. The fourth-order valence-corrected chi connectivity index (χ4v) is 3.07. The Morgan fingerprint density at radius 3 is 2.96 bits per heavy atom. The fraction of sp³-hybridized carbons (Fsp3) is 0.529. The van der Waals surface area contributed by atoms with Crippen molar-refractivity contribution in [1.29, 1.82) is 0 Å². The summed E-state index contributed by atoms with van der Waals surface area (Å²) >= 11 is 6.24. The molecule has 2 aliphatic heterocycles. The number of nitrogens with two attached hydrogens (primary N) is 1. The maximum atomic E-state index is 6.24. The van der Waals surface area contributed by atoms with Gasteiger partial charge in [0.15, 0.2) is 0 Å². The van der Waals surface area contributed by atoms with E-state index in [4.69, 9.17) is 26.8 Å². The van der Waals surface area contributed by atoms with Crippen molar-refractivity contribution in [2.75, 3.05) is 26.4 Å². The molecule has 0 bridgehead atoms.